The summed E-state index contributed by atoms with van der Waals surface area (Å²) in [7, 11) is 0. The Hall–Kier alpha value is -4.33. The van der Waals surface area contributed by atoms with Gasteiger partial charge in [-0.2, -0.15) is 0 Å². The Morgan fingerprint density at radius 3 is 2.71 bits per heavy atom. The van der Waals surface area contributed by atoms with E-state index in [2.05, 4.69) is 10.3 Å². The van der Waals surface area contributed by atoms with Crippen molar-refractivity contribution >= 4 is 34.4 Å². The van der Waals surface area contributed by atoms with Crippen LogP contribution in [-0.4, -0.2) is 33.8 Å². The Kier molecular flexibility index (Phi) is 4.55. The van der Waals surface area contributed by atoms with Crippen LogP contribution in [0.3, 0.4) is 0 Å². The summed E-state index contributed by atoms with van der Waals surface area (Å²) in [5.74, 6) is -0.0979. The molecule has 0 saturated carbocycles. The molecular formula is C26H22N4O4. The van der Waals surface area contributed by atoms with Gasteiger partial charge in [0.1, 0.15) is 11.8 Å². The van der Waals surface area contributed by atoms with E-state index < -0.39 is 12.1 Å². The van der Waals surface area contributed by atoms with Crippen LogP contribution in [0.4, 0.5) is 10.5 Å². The van der Waals surface area contributed by atoms with Crippen molar-refractivity contribution in [2.45, 2.75) is 32.0 Å². The zero-order valence-electron chi connectivity index (χ0n) is 18.4. The highest BCUT2D eigenvalue weighted by Crippen LogP contribution is 2.42. The van der Waals surface area contributed by atoms with Crippen LogP contribution < -0.4 is 10.2 Å². The predicted molar refractivity (Wildman–Crippen MR) is 125 cm³/mol. The summed E-state index contributed by atoms with van der Waals surface area (Å²) >= 11 is 0. The first-order chi connectivity index (χ1) is 16.5. The molecule has 2 aromatic heterocycles. The molecule has 0 spiro atoms. The number of hydrogen-bond donors (Lipinski definition) is 2. The summed E-state index contributed by atoms with van der Waals surface area (Å²) < 4.78 is 5.27. The van der Waals surface area contributed by atoms with Crippen LogP contribution in [0.25, 0.3) is 10.9 Å². The van der Waals surface area contributed by atoms with E-state index in [1.54, 1.807) is 41.3 Å². The lowest BCUT2D eigenvalue weighted by atomic mass is 9.93. The molecule has 8 nitrogen and oxygen atoms in total. The number of furan rings is 1. The minimum absolute atomic E-state index is 0.204. The standard InChI is InChI=1S/C26H22N4O4/c1-15-23-19(17-8-2-4-10-20(17)28-23)13-22-25(32)30(26(33)29(15)22)21-11-5-3-9-18(21)24(31)27-14-16-7-6-12-34-16/h2-12,15,22,28H,13-14H2,1H3,(H,27,31)/t15-,22-/m0/s1. The second-order valence-electron chi connectivity index (χ2n) is 8.60. The molecule has 2 aliphatic heterocycles. The summed E-state index contributed by atoms with van der Waals surface area (Å²) in [6.07, 6.45) is 1.96. The smallest absolute Gasteiger partial charge is 0.332 e. The molecule has 6 rings (SSSR count). The summed E-state index contributed by atoms with van der Waals surface area (Å²) in [6, 6.07) is 16.8. The van der Waals surface area contributed by atoms with Crippen molar-refractivity contribution in [2.24, 2.45) is 0 Å². The average molecular weight is 454 g/mol. The molecule has 34 heavy (non-hydrogen) atoms. The number of nitrogens with zero attached hydrogens (tertiary/aromatic N) is 2. The summed E-state index contributed by atoms with van der Waals surface area (Å²) in [4.78, 5) is 46.3. The fourth-order valence-electron chi connectivity index (χ4n) is 5.12. The molecule has 0 aliphatic carbocycles. The molecule has 8 heteroatoms. The first-order valence-corrected chi connectivity index (χ1v) is 11.2. The zero-order chi connectivity index (χ0) is 23.4. The number of carbonyl (C=O) groups excluding carboxylic acids is 3. The van der Waals surface area contributed by atoms with E-state index in [9.17, 15) is 14.4 Å². The number of urea groups is 1. The monoisotopic (exact) mass is 454 g/mol. The Morgan fingerprint density at radius 2 is 1.88 bits per heavy atom. The quantitative estimate of drug-likeness (QED) is 0.453. The van der Waals surface area contributed by atoms with Gasteiger partial charge in [0.05, 0.1) is 30.1 Å². The van der Waals surface area contributed by atoms with Crippen LogP contribution in [-0.2, 0) is 17.8 Å². The maximum atomic E-state index is 13.6. The third-order valence-electron chi connectivity index (χ3n) is 6.73. The lowest BCUT2D eigenvalue weighted by molar-refractivity contribution is -0.120. The third kappa shape index (κ3) is 2.95. The molecule has 2 aromatic carbocycles. The SMILES string of the molecule is C[C@H]1c2[nH]c3ccccc3c2C[C@H]2C(=O)N(c3ccccc3C(=O)NCc3ccco3)C(=O)N21. The Labute approximate surface area is 195 Å². The number of imide groups is 1. The van der Waals surface area contributed by atoms with E-state index in [1.807, 2.05) is 31.2 Å². The van der Waals surface area contributed by atoms with E-state index in [0.717, 1.165) is 27.1 Å². The Balaban J connectivity index is 1.33. The molecule has 0 unspecified atom stereocenters. The van der Waals surface area contributed by atoms with Crippen LogP contribution in [0, 0.1) is 0 Å². The minimum Gasteiger partial charge on any atom is -0.467 e. The van der Waals surface area contributed by atoms with Gasteiger partial charge in [-0.3, -0.25) is 9.59 Å². The number of aromatic amines is 1. The fourth-order valence-corrected chi connectivity index (χ4v) is 5.12. The number of para-hydroxylation sites is 2. The highest BCUT2D eigenvalue weighted by molar-refractivity contribution is 6.24. The molecule has 1 saturated heterocycles. The van der Waals surface area contributed by atoms with E-state index in [4.69, 9.17) is 4.42 Å². The Morgan fingerprint density at radius 1 is 1.09 bits per heavy atom. The number of benzene rings is 2. The van der Waals surface area contributed by atoms with E-state index in [-0.39, 0.29) is 35.7 Å². The first kappa shape index (κ1) is 20.3. The summed E-state index contributed by atoms with van der Waals surface area (Å²) in [5, 5.41) is 3.87. The molecule has 170 valence electrons. The zero-order valence-corrected chi connectivity index (χ0v) is 18.4. The van der Waals surface area contributed by atoms with Crippen LogP contribution in [0.1, 0.15) is 40.3 Å². The van der Waals surface area contributed by atoms with Crippen molar-refractivity contribution in [1.82, 2.24) is 15.2 Å². The highest BCUT2D eigenvalue weighted by Gasteiger charge is 2.52. The lowest BCUT2D eigenvalue weighted by Crippen LogP contribution is -2.42. The van der Waals surface area contributed by atoms with Crippen LogP contribution in [0.5, 0.6) is 0 Å². The average Bonchev–Trinajstić information content (AvgIpc) is 3.56. The minimum atomic E-state index is -0.617. The highest BCUT2D eigenvalue weighted by atomic mass is 16.3. The molecule has 0 bridgehead atoms. The molecule has 2 N–H and O–H groups in total. The normalized spacial score (nSPS) is 19.4. The lowest BCUT2D eigenvalue weighted by Gasteiger charge is -2.33. The number of H-pyrrole nitrogens is 1. The third-order valence-corrected chi connectivity index (χ3v) is 6.73. The van der Waals surface area contributed by atoms with Gasteiger partial charge in [-0.25, -0.2) is 9.69 Å². The summed E-state index contributed by atoms with van der Waals surface area (Å²) in [6.45, 7) is 2.13. The van der Waals surface area contributed by atoms with Crippen molar-refractivity contribution in [3.05, 3.63) is 89.5 Å². The van der Waals surface area contributed by atoms with Gasteiger partial charge in [0, 0.05) is 23.0 Å². The number of hydrogen-bond acceptors (Lipinski definition) is 4. The van der Waals surface area contributed by atoms with Crippen molar-refractivity contribution in [3.8, 4) is 0 Å². The maximum Gasteiger partial charge on any atom is 0.332 e. The summed E-state index contributed by atoms with van der Waals surface area (Å²) in [5.41, 5.74) is 3.55. The first-order valence-electron chi connectivity index (χ1n) is 11.2. The second kappa shape index (κ2) is 7.62. The van der Waals surface area contributed by atoms with Gasteiger partial charge in [-0.1, -0.05) is 30.3 Å². The number of rotatable bonds is 4. The fraction of sp³-hybridized carbons (Fsp3) is 0.192. The van der Waals surface area contributed by atoms with Crippen molar-refractivity contribution in [2.75, 3.05) is 4.90 Å². The molecule has 1 fully saturated rings. The number of amides is 4. The number of fused-ring (bicyclic) bond motifs is 4. The van der Waals surface area contributed by atoms with Gasteiger partial charge in [0.15, 0.2) is 0 Å². The number of anilines is 1. The van der Waals surface area contributed by atoms with Gasteiger partial charge >= 0.3 is 6.03 Å². The van der Waals surface area contributed by atoms with Crippen molar-refractivity contribution in [1.29, 1.82) is 0 Å². The van der Waals surface area contributed by atoms with Crippen molar-refractivity contribution < 1.29 is 18.8 Å². The largest absolute Gasteiger partial charge is 0.467 e. The van der Waals surface area contributed by atoms with Gasteiger partial charge in [-0.05, 0) is 42.8 Å². The van der Waals surface area contributed by atoms with E-state index in [1.165, 1.54) is 6.26 Å². The van der Waals surface area contributed by atoms with Gasteiger partial charge in [0.2, 0.25) is 0 Å². The molecule has 2 atom stereocenters. The van der Waals surface area contributed by atoms with E-state index in [0.29, 0.717) is 12.2 Å². The van der Waals surface area contributed by atoms with Crippen LogP contribution >= 0.6 is 0 Å². The second-order valence-corrected chi connectivity index (χ2v) is 8.60. The number of carbonyl (C=O) groups is 3. The van der Waals surface area contributed by atoms with Gasteiger partial charge < -0.3 is 19.6 Å². The van der Waals surface area contributed by atoms with Crippen LogP contribution in [0.15, 0.2) is 71.3 Å². The number of aromatic nitrogens is 1. The van der Waals surface area contributed by atoms with Crippen molar-refractivity contribution in [3.63, 3.8) is 0 Å². The molecule has 4 amide bonds. The molecule has 4 aromatic rings. The molecule has 2 aliphatic rings. The number of nitrogens with one attached hydrogen (secondary N) is 2. The van der Waals surface area contributed by atoms with Gasteiger partial charge in [-0.15, -0.1) is 0 Å². The molecular weight excluding hydrogens is 432 g/mol. The maximum absolute atomic E-state index is 13.6. The van der Waals surface area contributed by atoms with Gasteiger partial charge in [0.25, 0.3) is 11.8 Å². The van der Waals surface area contributed by atoms with E-state index >= 15 is 0 Å². The molecule has 4 heterocycles. The molecule has 0 radical (unpaired) electrons. The Bertz CT molecular complexity index is 1440. The topological polar surface area (TPSA) is 98.6 Å². The van der Waals surface area contributed by atoms with Crippen LogP contribution in [0.2, 0.25) is 0 Å². The predicted octanol–water partition coefficient (Wildman–Crippen LogP) is 4.15.